The van der Waals surface area contributed by atoms with Gasteiger partial charge >= 0.3 is 0 Å². The summed E-state index contributed by atoms with van der Waals surface area (Å²) in [4.78, 5) is 26.0. The fourth-order valence-electron chi connectivity index (χ4n) is 2.69. The van der Waals surface area contributed by atoms with Gasteiger partial charge in [-0.1, -0.05) is 30.6 Å². The summed E-state index contributed by atoms with van der Waals surface area (Å²) in [5.41, 5.74) is 2.07. The molecule has 0 spiro atoms. The van der Waals surface area contributed by atoms with Crippen molar-refractivity contribution in [2.45, 2.75) is 26.2 Å². The lowest BCUT2D eigenvalue weighted by Crippen LogP contribution is -2.28. The minimum atomic E-state index is -0.420. The van der Waals surface area contributed by atoms with Gasteiger partial charge in [0.05, 0.1) is 5.92 Å². The van der Waals surface area contributed by atoms with E-state index in [1.165, 1.54) is 5.56 Å². The molecule has 1 aromatic heterocycles. The third-order valence-corrected chi connectivity index (χ3v) is 3.86. The number of aromatic nitrogens is 4. The van der Waals surface area contributed by atoms with Crippen LogP contribution < -0.4 is 10.2 Å². The van der Waals surface area contributed by atoms with Gasteiger partial charge in [0.1, 0.15) is 0 Å². The van der Waals surface area contributed by atoms with E-state index in [1.807, 2.05) is 24.3 Å². The van der Waals surface area contributed by atoms with Crippen LogP contribution in [0.1, 0.15) is 25.3 Å². The van der Waals surface area contributed by atoms with Crippen LogP contribution in [0.3, 0.4) is 0 Å². The van der Waals surface area contributed by atoms with Gasteiger partial charge in [0.2, 0.25) is 11.8 Å². The van der Waals surface area contributed by atoms with Gasteiger partial charge in [-0.3, -0.25) is 14.9 Å². The number of hydrogen-bond acceptors (Lipinski definition) is 5. The van der Waals surface area contributed by atoms with Crippen molar-refractivity contribution in [2.75, 3.05) is 16.8 Å². The van der Waals surface area contributed by atoms with Crippen LogP contribution in [-0.4, -0.2) is 39.0 Å². The highest BCUT2D eigenvalue weighted by molar-refractivity contribution is 6.03. The molecule has 2 amide bonds. The normalized spacial score (nSPS) is 17.5. The van der Waals surface area contributed by atoms with Gasteiger partial charge in [0.15, 0.2) is 0 Å². The van der Waals surface area contributed by atoms with E-state index in [9.17, 15) is 9.59 Å². The first-order valence-electron chi connectivity index (χ1n) is 7.61. The standard InChI is InChI=1S/C15H18N6O2/c1-2-3-10-4-6-12(7-5-10)21-9-11(8-13(21)22)14(23)16-15-17-19-20-18-15/h4-7,11H,2-3,8-9H2,1H3,(H2,16,17,18,19,20,23). The van der Waals surface area contributed by atoms with E-state index in [-0.39, 0.29) is 24.2 Å². The minimum Gasteiger partial charge on any atom is -0.312 e. The van der Waals surface area contributed by atoms with Crippen LogP contribution in [0.5, 0.6) is 0 Å². The lowest BCUT2D eigenvalue weighted by molar-refractivity contribution is -0.122. The zero-order valence-corrected chi connectivity index (χ0v) is 12.8. The molecule has 0 aliphatic carbocycles. The number of tetrazole rings is 1. The molecule has 1 aliphatic rings. The van der Waals surface area contributed by atoms with Crippen molar-refractivity contribution in [3.63, 3.8) is 0 Å². The predicted molar refractivity (Wildman–Crippen MR) is 83.7 cm³/mol. The second-order valence-corrected chi connectivity index (χ2v) is 5.55. The molecule has 2 aromatic rings. The van der Waals surface area contributed by atoms with Gasteiger partial charge in [-0.2, -0.15) is 5.21 Å². The number of aryl methyl sites for hydroxylation is 1. The number of nitrogens with one attached hydrogen (secondary N) is 2. The average molecular weight is 314 g/mol. The topological polar surface area (TPSA) is 104 Å². The molecule has 3 rings (SSSR count). The molecule has 0 bridgehead atoms. The van der Waals surface area contributed by atoms with E-state index < -0.39 is 5.92 Å². The van der Waals surface area contributed by atoms with Gasteiger partial charge in [-0.25, -0.2) is 0 Å². The molecule has 1 aromatic carbocycles. The van der Waals surface area contributed by atoms with Gasteiger partial charge in [-0.05, 0) is 29.3 Å². The second-order valence-electron chi connectivity index (χ2n) is 5.55. The van der Waals surface area contributed by atoms with Gasteiger partial charge in [0.25, 0.3) is 5.95 Å². The summed E-state index contributed by atoms with van der Waals surface area (Å²) < 4.78 is 0. The molecule has 0 saturated carbocycles. The number of rotatable bonds is 5. The van der Waals surface area contributed by atoms with Crippen molar-refractivity contribution in [2.24, 2.45) is 5.92 Å². The molecule has 2 N–H and O–H groups in total. The largest absolute Gasteiger partial charge is 0.312 e. The summed E-state index contributed by atoms with van der Waals surface area (Å²) in [7, 11) is 0. The Labute approximate surface area is 133 Å². The Hall–Kier alpha value is -2.77. The van der Waals surface area contributed by atoms with Crippen molar-refractivity contribution >= 4 is 23.5 Å². The first-order chi connectivity index (χ1) is 11.2. The number of hydrogen-bond donors (Lipinski definition) is 2. The Balaban J connectivity index is 1.66. The fraction of sp³-hybridized carbons (Fsp3) is 0.400. The minimum absolute atomic E-state index is 0.0542. The van der Waals surface area contributed by atoms with Crippen molar-refractivity contribution < 1.29 is 9.59 Å². The van der Waals surface area contributed by atoms with Crippen LogP contribution in [0.2, 0.25) is 0 Å². The third-order valence-electron chi connectivity index (χ3n) is 3.86. The number of H-pyrrole nitrogens is 1. The third kappa shape index (κ3) is 3.36. The van der Waals surface area contributed by atoms with Crippen LogP contribution in [0, 0.1) is 5.92 Å². The molecule has 1 saturated heterocycles. The summed E-state index contributed by atoms with van der Waals surface area (Å²) in [6.07, 6.45) is 2.28. The Kier molecular flexibility index (Phi) is 4.31. The van der Waals surface area contributed by atoms with Crippen molar-refractivity contribution in [3.8, 4) is 0 Å². The quantitative estimate of drug-likeness (QED) is 0.861. The van der Waals surface area contributed by atoms with E-state index in [4.69, 9.17) is 0 Å². The molecule has 0 radical (unpaired) electrons. The number of aromatic amines is 1. The molecule has 1 unspecified atom stereocenters. The molecule has 120 valence electrons. The molecular formula is C15H18N6O2. The van der Waals surface area contributed by atoms with Gasteiger partial charge in [-0.15, -0.1) is 5.10 Å². The zero-order chi connectivity index (χ0) is 16.2. The number of amides is 2. The Morgan fingerprint density at radius 2 is 2.17 bits per heavy atom. The maximum absolute atomic E-state index is 12.2. The smallest absolute Gasteiger partial charge is 0.269 e. The summed E-state index contributed by atoms with van der Waals surface area (Å²) in [5.74, 6) is -0.632. The first-order valence-corrected chi connectivity index (χ1v) is 7.61. The van der Waals surface area contributed by atoms with E-state index in [0.717, 1.165) is 18.5 Å². The molecule has 2 heterocycles. The summed E-state index contributed by atoms with van der Waals surface area (Å²) in [5, 5.41) is 15.5. The zero-order valence-electron chi connectivity index (χ0n) is 12.8. The van der Waals surface area contributed by atoms with Crippen LogP contribution in [0.4, 0.5) is 11.6 Å². The number of nitrogens with zero attached hydrogens (tertiary/aromatic N) is 4. The second kappa shape index (κ2) is 6.55. The molecule has 1 aliphatic heterocycles. The Bertz CT molecular complexity index is 683. The molecule has 1 fully saturated rings. The van der Waals surface area contributed by atoms with E-state index in [1.54, 1.807) is 4.90 Å². The van der Waals surface area contributed by atoms with Crippen molar-refractivity contribution in [3.05, 3.63) is 29.8 Å². The van der Waals surface area contributed by atoms with Crippen molar-refractivity contribution in [1.82, 2.24) is 20.6 Å². The number of benzene rings is 1. The van der Waals surface area contributed by atoms with Gasteiger partial charge in [0, 0.05) is 18.7 Å². The highest BCUT2D eigenvalue weighted by Crippen LogP contribution is 2.26. The first kappa shape index (κ1) is 15.1. The fourth-order valence-corrected chi connectivity index (χ4v) is 2.69. The molecule has 1 atom stereocenters. The highest BCUT2D eigenvalue weighted by Gasteiger charge is 2.35. The lowest BCUT2D eigenvalue weighted by Gasteiger charge is -2.17. The van der Waals surface area contributed by atoms with Crippen LogP contribution in [0.25, 0.3) is 0 Å². The monoisotopic (exact) mass is 314 g/mol. The van der Waals surface area contributed by atoms with E-state index in [0.29, 0.717) is 6.54 Å². The Morgan fingerprint density at radius 3 is 2.83 bits per heavy atom. The van der Waals surface area contributed by atoms with Crippen LogP contribution in [0.15, 0.2) is 24.3 Å². The maximum atomic E-state index is 12.2. The van der Waals surface area contributed by atoms with Crippen molar-refractivity contribution in [1.29, 1.82) is 0 Å². The highest BCUT2D eigenvalue weighted by atomic mass is 16.2. The van der Waals surface area contributed by atoms with Crippen LogP contribution in [-0.2, 0) is 16.0 Å². The predicted octanol–water partition coefficient (Wildman–Crippen LogP) is 1.14. The average Bonchev–Trinajstić information content (AvgIpc) is 3.18. The molecular weight excluding hydrogens is 296 g/mol. The SMILES string of the molecule is CCCc1ccc(N2CC(C(=O)Nc3nn[nH]n3)CC2=O)cc1. The molecule has 8 heteroatoms. The lowest BCUT2D eigenvalue weighted by atomic mass is 10.1. The summed E-state index contributed by atoms with van der Waals surface area (Å²) in [6.45, 7) is 2.49. The maximum Gasteiger partial charge on any atom is 0.269 e. The van der Waals surface area contributed by atoms with E-state index >= 15 is 0 Å². The summed E-state index contributed by atoms with van der Waals surface area (Å²) in [6, 6.07) is 7.92. The number of anilines is 2. The van der Waals surface area contributed by atoms with Gasteiger partial charge < -0.3 is 4.90 Å². The molecule has 23 heavy (non-hydrogen) atoms. The van der Waals surface area contributed by atoms with Crippen LogP contribution >= 0.6 is 0 Å². The number of carbonyl (C=O) groups excluding carboxylic acids is 2. The van der Waals surface area contributed by atoms with E-state index in [2.05, 4.69) is 32.9 Å². The summed E-state index contributed by atoms with van der Waals surface area (Å²) >= 11 is 0. The molecule has 8 nitrogen and oxygen atoms in total. The number of carbonyl (C=O) groups is 2. The Morgan fingerprint density at radius 1 is 1.39 bits per heavy atom.